The van der Waals surface area contributed by atoms with Gasteiger partial charge in [0, 0.05) is 5.02 Å². The zero-order chi connectivity index (χ0) is 15.1. The Bertz CT molecular complexity index is 763. The number of Topliss-reactive ketones (excluding diaryl/α,β-unsaturated/α-hetero) is 1. The number of nitrogens with one attached hydrogen (secondary N) is 1. The largest absolute Gasteiger partial charge is 1.00 e. The average Bonchev–Trinajstić information content (AvgIpc) is 3.03. The van der Waals surface area contributed by atoms with Gasteiger partial charge in [0.1, 0.15) is 5.92 Å². The molecule has 0 saturated heterocycles. The standard InChI is InChI=1S/C14H9ClN2O3S.Na/c15-7-3-4-9-8(6-7)11(13(19)17(9)14(16)20)12(18)10-2-1-5-21-10;/h1-6,11H,(H2,16,20);/q;+1/p-1. The van der Waals surface area contributed by atoms with Crippen LogP contribution < -0.4 is 34.5 Å². The summed E-state index contributed by atoms with van der Waals surface area (Å²) in [5.74, 6) is -2.21. The van der Waals surface area contributed by atoms with E-state index in [1.807, 2.05) is 0 Å². The van der Waals surface area contributed by atoms with E-state index in [-0.39, 0.29) is 41.0 Å². The predicted molar refractivity (Wildman–Crippen MR) is 80.0 cm³/mol. The molecule has 106 valence electrons. The summed E-state index contributed by atoms with van der Waals surface area (Å²) in [6.07, 6.45) is 0. The van der Waals surface area contributed by atoms with Gasteiger partial charge in [-0.15, -0.1) is 11.3 Å². The molecule has 2 heterocycles. The minimum absolute atomic E-state index is 0. The molecule has 0 spiro atoms. The molecule has 1 aliphatic rings. The van der Waals surface area contributed by atoms with Crippen molar-refractivity contribution in [3.63, 3.8) is 0 Å². The number of fused-ring (bicyclic) bond motifs is 1. The molecule has 1 aromatic carbocycles. The van der Waals surface area contributed by atoms with E-state index in [0.29, 0.717) is 20.4 Å². The summed E-state index contributed by atoms with van der Waals surface area (Å²) in [4.78, 5) is 37.4. The summed E-state index contributed by atoms with van der Waals surface area (Å²) < 4.78 is 0. The molecule has 2 aromatic rings. The third-order valence-electron chi connectivity index (χ3n) is 3.24. The molecule has 8 heteroatoms. The Morgan fingerprint density at radius 2 is 2.00 bits per heavy atom. The van der Waals surface area contributed by atoms with E-state index in [2.05, 4.69) is 0 Å². The molecule has 22 heavy (non-hydrogen) atoms. The fraction of sp³-hybridized carbons (Fsp3) is 0.0714. The fourth-order valence-corrected chi connectivity index (χ4v) is 3.24. The maximum atomic E-state index is 12.5. The van der Waals surface area contributed by atoms with Gasteiger partial charge in [-0.2, -0.15) is 0 Å². The Balaban J connectivity index is 0.00000176. The van der Waals surface area contributed by atoms with Crippen LogP contribution in [0.15, 0.2) is 35.7 Å². The molecular weight excluding hydrogens is 335 g/mol. The molecule has 1 atom stereocenters. The number of carbonyl (C=O) groups is 3. The first-order chi connectivity index (χ1) is 10.0. The Morgan fingerprint density at radius 3 is 2.59 bits per heavy atom. The summed E-state index contributed by atoms with van der Waals surface area (Å²) >= 11 is 7.15. The number of anilines is 1. The number of urea groups is 1. The molecular formula is C14H8ClN2NaO3S. The number of halogens is 1. The van der Waals surface area contributed by atoms with Crippen LogP contribution in [0.25, 0.3) is 5.73 Å². The van der Waals surface area contributed by atoms with Gasteiger partial charge in [0.25, 0.3) is 0 Å². The first-order valence-corrected chi connectivity index (χ1v) is 7.23. The van der Waals surface area contributed by atoms with Gasteiger partial charge >= 0.3 is 29.6 Å². The van der Waals surface area contributed by atoms with Crippen LogP contribution in [0.4, 0.5) is 10.5 Å². The Kier molecular flexibility index (Phi) is 5.09. The molecule has 1 N–H and O–H groups in total. The number of ketones is 1. The Labute approximate surface area is 157 Å². The molecule has 0 aliphatic carbocycles. The summed E-state index contributed by atoms with van der Waals surface area (Å²) in [5.41, 5.74) is 7.84. The minimum atomic E-state index is -1.16. The van der Waals surface area contributed by atoms with E-state index in [9.17, 15) is 14.4 Å². The van der Waals surface area contributed by atoms with Crippen LogP contribution in [-0.2, 0) is 4.79 Å². The first kappa shape index (κ1) is 17.2. The van der Waals surface area contributed by atoms with Crippen molar-refractivity contribution in [2.45, 2.75) is 5.92 Å². The molecule has 3 rings (SSSR count). The number of thiophene rings is 1. The SMILES string of the molecule is [NH-]C(=O)N1C(=O)C(C(=O)c2cccs2)c2cc(Cl)ccc21.[Na+]. The number of carbonyl (C=O) groups excluding carboxylic acids is 3. The van der Waals surface area contributed by atoms with Crippen molar-refractivity contribution in [1.82, 2.24) is 0 Å². The van der Waals surface area contributed by atoms with Gasteiger partial charge in [-0.3, -0.25) is 14.4 Å². The topological polar surface area (TPSA) is 78.2 Å². The second-order valence-electron chi connectivity index (χ2n) is 4.46. The maximum Gasteiger partial charge on any atom is 1.00 e. The second kappa shape index (κ2) is 6.52. The fourth-order valence-electron chi connectivity index (χ4n) is 2.36. The van der Waals surface area contributed by atoms with Crippen molar-refractivity contribution in [1.29, 1.82) is 0 Å². The maximum absolute atomic E-state index is 12.5. The Hall–Kier alpha value is -1.18. The molecule has 1 unspecified atom stereocenters. The first-order valence-electron chi connectivity index (χ1n) is 5.97. The van der Waals surface area contributed by atoms with Gasteiger partial charge in [-0.25, -0.2) is 0 Å². The van der Waals surface area contributed by atoms with Crippen LogP contribution in [0.5, 0.6) is 0 Å². The van der Waals surface area contributed by atoms with Gasteiger partial charge in [-0.1, -0.05) is 23.7 Å². The molecule has 5 nitrogen and oxygen atoms in total. The normalized spacial score (nSPS) is 16.1. The summed E-state index contributed by atoms with van der Waals surface area (Å²) in [7, 11) is 0. The van der Waals surface area contributed by atoms with Crippen molar-refractivity contribution in [3.05, 3.63) is 56.9 Å². The predicted octanol–water partition coefficient (Wildman–Crippen LogP) is 0.891. The summed E-state index contributed by atoms with van der Waals surface area (Å²) in [6.45, 7) is 0. The molecule has 3 amide bonds. The smallest absolute Gasteiger partial charge is 0.447 e. The van der Waals surface area contributed by atoms with Crippen molar-refractivity contribution < 1.29 is 43.9 Å². The van der Waals surface area contributed by atoms with E-state index in [4.69, 9.17) is 17.3 Å². The Morgan fingerprint density at radius 1 is 1.27 bits per heavy atom. The van der Waals surface area contributed by atoms with Crippen molar-refractivity contribution >= 4 is 46.3 Å². The van der Waals surface area contributed by atoms with Crippen LogP contribution in [0.1, 0.15) is 21.2 Å². The monoisotopic (exact) mass is 342 g/mol. The van der Waals surface area contributed by atoms with Crippen LogP contribution in [-0.4, -0.2) is 17.7 Å². The zero-order valence-electron chi connectivity index (χ0n) is 11.5. The van der Waals surface area contributed by atoms with E-state index in [0.717, 1.165) is 0 Å². The van der Waals surface area contributed by atoms with E-state index >= 15 is 0 Å². The van der Waals surface area contributed by atoms with Crippen LogP contribution >= 0.6 is 22.9 Å². The van der Waals surface area contributed by atoms with Gasteiger partial charge in [0.2, 0.25) is 0 Å². The van der Waals surface area contributed by atoms with E-state index < -0.39 is 17.9 Å². The molecule has 0 saturated carbocycles. The van der Waals surface area contributed by atoms with Crippen LogP contribution in [0, 0.1) is 0 Å². The van der Waals surface area contributed by atoms with Gasteiger partial charge in [-0.05, 0) is 34.8 Å². The van der Waals surface area contributed by atoms with Crippen molar-refractivity contribution in [2.24, 2.45) is 0 Å². The van der Waals surface area contributed by atoms with Crippen molar-refractivity contribution in [2.75, 3.05) is 4.90 Å². The summed E-state index contributed by atoms with van der Waals surface area (Å²) in [5, 5.41) is 2.10. The molecule has 1 aromatic heterocycles. The van der Waals surface area contributed by atoms with E-state index in [1.54, 1.807) is 17.5 Å². The zero-order valence-corrected chi connectivity index (χ0v) is 15.1. The number of benzene rings is 1. The number of rotatable bonds is 2. The van der Waals surface area contributed by atoms with Gasteiger partial charge in [0.05, 0.1) is 4.88 Å². The molecule has 0 bridgehead atoms. The molecule has 0 radical (unpaired) electrons. The number of hydrogen-bond acceptors (Lipinski definition) is 4. The molecule has 1 aliphatic heterocycles. The van der Waals surface area contributed by atoms with Crippen LogP contribution in [0.3, 0.4) is 0 Å². The third kappa shape index (κ3) is 2.73. The second-order valence-corrected chi connectivity index (χ2v) is 5.84. The number of nitrogens with zero attached hydrogens (tertiary/aromatic N) is 1. The number of hydrogen-bond donors (Lipinski definition) is 0. The van der Waals surface area contributed by atoms with Gasteiger partial charge < -0.3 is 10.6 Å². The minimum Gasteiger partial charge on any atom is -0.447 e. The molecule has 0 fully saturated rings. The van der Waals surface area contributed by atoms with Gasteiger partial charge in [0.15, 0.2) is 17.7 Å². The number of imide groups is 1. The average molecular weight is 343 g/mol. The van der Waals surface area contributed by atoms with E-state index in [1.165, 1.54) is 29.5 Å². The number of amides is 3. The summed E-state index contributed by atoms with van der Waals surface area (Å²) in [6, 6.07) is 6.66. The van der Waals surface area contributed by atoms with Crippen LogP contribution in [0.2, 0.25) is 5.02 Å². The quantitative estimate of drug-likeness (QED) is 0.462. The third-order valence-corrected chi connectivity index (χ3v) is 4.36. The van der Waals surface area contributed by atoms with Crippen molar-refractivity contribution in [3.8, 4) is 0 Å².